The number of fused-ring (bicyclic) bond motifs is 1. The van der Waals surface area contributed by atoms with Gasteiger partial charge in [0, 0.05) is 6.54 Å². The van der Waals surface area contributed by atoms with Crippen molar-refractivity contribution in [3.05, 3.63) is 45.0 Å². The van der Waals surface area contributed by atoms with Crippen molar-refractivity contribution >= 4 is 46.2 Å². The van der Waals surface area contributed by atoms with Gasteiger partial charge in [-0.15, -0.1) is 0 Å². The molecule has 1 amide bonds. The number of hydrogen-bond acceptors (Lipinski definition) is 10. The number of amides is 1. The van der Waals surface area contributed by atoms with Crippen LogP contribution in [0.4, 0.5) is 31.2 Å². The Hall–Kier alpha value is -4.25. The number of halogens is 3. The molecule has 2 atom stereocenters. The number of nitrogen functional groups attached to an aromatic ring is 2. The first kappa shape index (κ1) is 28.8. The van der Waals surface area contributed by atoms with Gasteiger partial charge in [-0.3, -0.25) is 9.36 Å². The number of nitrogens with one attached hydrogen (secondary N) is 1. The van der Waals surface area contributed by atoms with E-state index >= 15 is 8.78 Å². The zero-order valence-electron chi connectivity index (χ0n) is 22.2. The lowest BCUT2D eigenvalue weighted by molar-refractivity contribution is -0.105. The van der Waals surface area contributed by atoms with Crippen molar-refractivity contribution in [2.45, 2.75) is 57.7 Å². The van der Waals surface area contributed by atoms with E-state index < -0.39 is 41.8 Å². The summed E-state index contributed by atoms with van der Waals surface area (Å²) in [5.74, 6) is -4.08. The average molecular weight is 576 g/mol. The number of ether oxygens (including phenoxy) is 1. The smallest absolute Gasteiger partial charge is 0.410 e. The molecule has 5 N–H and O–H groups in total. The number of nitrogens with two attached hydrogens (primary N) is 2. The Labute approximate surface area is 232 Å². The van der Waals surface area contributed by atoms with Crippen molar-refractivity contribution in [2.24, 2.45) is 0 Å². The van der Waals surface area contributed by atoms with E-state index in [1.807, 2.05) is 6.07 Å². The first-order chi connectivity index (χ1) is 18.6. The fraction of sp³-hybridized carbons (Fsp3) is 0.440. The molecular weight excluding hydrogens is 548 g/mol. The molecule has 1 aliphatic rings. The van der Waals surface area contributed by atoms with E-state index in [2.05, 4.69) is 20.3 Å². The van der Waals surface area contributed by atoms with E-state index in [-0.39, 0.29) is 57.9 Å². The lowest BCUT2D eigenvalue weighted by atomic mass is 9.99. The van der Waals surface area contributed by atoms with E-state index in [9.17, 15) is 14.9 Å². The zero-order chi connectivity index (χ0) is 29.6. The van der Waals surface area contributed by atoms with E-state index in [0.29, 0.717) is 0 Å². The molecule has 0 radical (unpaired) electrons. The van der Waals surface area contributed by atoms with Gasteiger partial charge in [-0.1, -0.05) is 17.7 Å². The second-order valence-electron chi connectivity index (χ2n) is 10.4. The summed E-state index contributed by atoms with van der Waals surface area (Å²) in [4.78, 5) is 39.5. The molecule has 0 spiro atoms. The number of benzene rings is 1. The molecule has 12 nitrogen and oxygen atoms in total. The summed E-state index contributed by atoms with van der Waals surface area (Å²) in [6.45, 7) is 5.39. The fourth-order valence-electron chi connectivity index (χ4n) is 4.53. The van der Waals surface area contributed by atoms with Crippen LogP contribution in [-0.2, 0) is 4.74 Å². The van der Waals surface area contributed by atoms with Crippen molar-refractivity contribution in [2.75, 3.05) is 29.9 Å². The van der Waals surface area contributed by atoms with E-state index in [4.69, 9.17) is 27.8 Å². The van der Waals surface area contributed by atoms with Gasteiger partial charge >= 0.3 is 6.09 Å². The number of hydrogen-bond donors (Lipinski definition) is 3. The summed E-state index contributed by atoms with van der Waals surface area (Å²) in [6, 6.07) is 3.83. The molecule has 1 saturated heterocycles. The lowest BCUT2D eigenvalue weighted by Crippen LogP contribution is -2.54. The van der Waals surface area contributed by atoms with Crippen LogP contribution in [0.1, 0.15) is 57.6 Å². The molecule has 4 rings (SSSR count). The molecule has 3 aromatic rings. The minimum atomic E-state index is -3.55. The monoisotopic (exact) mass is 575 g/mol. The van der Waals surface area contributed by atoms with Crippen LogP contribution in [0.2, 0.25) is 5.02 Å². The number of anilines is 3. The van der Waals surface area contributed by atoms with Gasteiger partial charge in [0.2, 0.25) is 5.95 Å². The quantitative estimate of drug-likeness (QED) is 0.413. The van der Waals surface area contributed by atoms with Crippen molar-refractivity contribution in [3.63, 3.8) is 0 Å². The summed E-state index contributed by atoms with van der Waals surface area (Å²) in [7, 11) is 0. The summed E-state index contributed by atoms with van der Waals surface area (Å²) >= 11 is 6.30. The molecule has 1 aliphatic heterocycles. The van der Waals surface area contributed by atoms with Crippen molar-refractivity contribution in [3.8, 4) is 6.07 Å². The Balaban J connectivity index is 1.82. The minimum Gasteiger partial charge on any atom is -0.444 e. The highest BCUT2D eigenvalue weighted by Gasteiger charge is 2.49. The van der Waals surface area contributed by atoms with E-state index in [1.165, 1.54) is 12.1 Å². The normalized spacial score (nSPS) is 17.8. The van der Waals surface area contributed by atoms with Crippen LogP contribution in [0.3, 0.4) is 0 Å². The first-order valence-electron chi connectivity index (χ1n) is 12.3. The minimum absolute atomic E-state index is 0.0290. The third kappa shape index (κ3) is 5.55. The predicted molar refractivity (Wildman–Crippen MR) is 145 cm³/mol. The molecule has 0 saturated carbocycles. The second-order valence-corrected chi connectivity index (χ2v) is 10.8. The number of nitriles is 1. The first-order valence-corrected chi connectivity index (χ1v) is 12.7. The summed E-state index contributed by atoms with van der Waals surface area (Å²) < 4.78 is 37.7. The van der Waals surface area contributed by atoms with Crippen LogP contribution < -0.4 is 22.3 Å². The van der Waals surface area contributed by atoms with Crippen LogP contribution >= 0.6 is 11.6 Å². The number of piperidine rings is 1. The van der Waals surface area contributed by atoms with E-state index in [0.717, 1.165) is 9.47 Å². The molecule has 1 unspecified atom stereocenters. The topological polar surface area (TPSA) is 178 Å². The van der Waals surface area contributed by atoms with Crippen molar-refractivity contribution in [1.82, 2.24) is 24.4 Å². The van der Waals surface area contributed by atoms with Gasteiger partial charge in [0.1, 0.15) is 34.9 Å². The third-order valence-corrected chi connectivity index (χ3v) is 6.55. The zero-order valence-corrected chi connectivity index (χ0v) is 23.0. The van der Waals surface area contributed by atoms with Crippen LogP contribution in [0, 0.1) is 11.3 Å². The number of carbonyl (C=O) groups excluding carboxylic acids is 1. The molecule has 0 bridgehead atoms. The fourth-order valence-corrected chi connectivity index (χ4v) is 4.79. The molecule has 212 valence electrons. The molecular formula is C25H28ClF2N9O3. The number of nitrogens with zero attached hydrogens (tertiary/aromatic N) is 6. The number of aromatic nitrogens is 4. The predicted octanol–water partition coefficient (Wildman–Crippen LogP) is 3.87. The Kier molecular flexibility index (Phi) is 7.46. The van der Waals surface area contributed by atoms with Crippen LogP contribution in [0.15, 0.2) is 23.0 Å². The van der Waals surface area contributed by atoms with Gasteiger partial charge in [-0.25, -0.2) is 18.6 Å². The van der Waals surface area contributed by atoms with Crippen LogP contribution in [0.25, 0.3) is 10.9 Å². The Morgan fingerprint density at radius 3 is 2.62 bits per heavy atom. The largest absolute Gasteiger partial charge is 0.444 e. The molecule has 40 heavy (non-hydrogen) atoms. The van der Waals surface area contributed by atoms with Gasteiger partial charge in [0.25, 0.3) is 11.5 Å². The standard InChI is InChI=1S/C25H28ClF2N9O3/c1-12(32-19-13(10-29)18(30)34-22(31)35-19)20-33-15-7-5-6-14(26)17(15)21(38)37(20)16-8-9-36(11-25(16,27)28)23(39)40-24(2,3)4/h5-7,12,16H,8-9,11H2,1-4H3,(H5,30,31,32,34,35)/t12-,16?/m0/s1. The van der Waals surface area contributed by atoms with Crippen molar-refractivity contribution in [1.29, 1.82) is 5.26 Å². The average Bonchev–Trinajstić information content (AvgIpc) is 2.82. The lowest BCUT2D eigenvalue weighted by Gasteiger charge is -2.40. The third-order valence-electron chi connectivity index (χ3n) is 6.24. The molecule has 0 aliphatic carbocycles. The van der Waals surface area contributed by atoms with Crippen LogP contribution in [-0.4, -0.2) is 55.1 Å². The summed E-state index contributed by atoms with van der Waals surface area (Å²) in [5.41, 5.74) is 9.91. The van der Waals surface area contributed by atoms with Crippen molar-refractivity contribution < 1.29 is 18.3 Å². The maximum absolute atomic E-state index is 15.8. The summed E-state index contributed by atoms with van der Waals surface area (Å²) in [6.07, 6.45) is -1.16. The molecule has 2 aromatic heterocycles. The maximum Gasteiger partial charge on any atom is 0.410 e. The highest BCUT2D eigenvalue weighted by Crippen LogP contribution is 2.39. The van der Waals surface area contributed by atoms with Gasteiger partial charge in [-0.05, 0) is 46.2 Å². The van der Waals surface area contributed by atoms with E-state index in [1.54, 1.807) is 33.8 Å². The van der Waals surface area contributed by atoms with Gasteiger partial charge in [0.05, 0.1) is 28.5 Å². The molecule has 3 heterocycles. The molecule has 15 heteroatoms. The Morgan fingerprint density at radius 1 is 1.30 bits per heavy atom. The summed E-state index contributed by atoms with van der Waals surface area (Å²) in [5, 5.41) is 12.5. The number of likely N-dealkylation sites (tertiary alicyclic amines) is 1. The number of alkyl halides is 2. The molecule has 1 fully saturated rings. The van der Waals surface area contributed by atoms with Crippen LogP contribution in [0.5, 0.6) is 0 Å². The number of carbonyl (C=O) groups is 1. The molecule has 1 aromatic carbocycles. The van der Waals surface area contributed by atoms with Gasteiger partial charge in [-0.2, -0.15) is 15.2 Å². The van der Waals surface area contributed by atoms with Gasteiger partial charge < -0.3 is 26.4 Å². The SMILES string of the molecule is C[C@H](Nc1nc(N)nc(N)c1C#N)c1nc2cccc(Cl)c2c(=O)n1C1CCN(C(=O)OC(C)(C)C)CC1(F)F. The Morgan fingerprint density at radius 2 is 2.00 bits per heavy atom. The Bertz CT molecular complexity index is 1580. The number of rotatable bonds is 4. The van der Waals surface area contributed by atoms with Gasteiger partial charge in [0.15, 0.2) is 5.82 Å². The second kappa shape index (κ2) is 10.4. The highest BCUT2D eigenvalue weighted by atomic mass is 35.5. The maximum atomic E-state index is 15.8. The highest BCUT2D eigenvalue weighted by molar-refractivity contribution is 6.35.